The maximum atomic E-state index is 10.7. The van der Waals surface area contributed by atoms with Crippen LogP contribution in [0.15, 0.2) is 34.9 Å². The van der Waals surface area contributed by atoms with Gasteiger partial charge in [-0.05, 0) is 30.2 Å². The quantitative estimate of drug-likeness (QED) is 0.895. The average Bonchev–Trinajstić information content (AvgIpc) is 2.86. The molecule has 0 aliphatic carbocycles. The molecule has 1 aromatic carbocycles. The lowest BCUT2D eigenvalue weighted by Crippen LogP contribution is -2.04. The smallest absolute Gasteiger partial charge is 0.392 e. The highest BCUT2D eigenvalue weighted by molar-refractivity contribution is 5.82. The third-order valence-electron chi connectivity index (χ3n) is 2.41. The summed E-state index contributed by atoms with van der Waals surface area (Å²) in [6.45, 7) is 4.82. The number of ether oxygens (including phenoxy) is 1. The highest BCUT2D eigenvalue weighted by Crippen LogP contribution is 2.23. The Morgan fingerprint density at radius 2 is 2.05 bits per heavy atom. The van der Waals surface area contributed by atoms with Gasteiger partial charge in [-0.2, -0.15) is 0 Å². The fourth-order valence-electron chi connectivity index (χ4n) is 1.48. The Morgan fingerprint density at radius 1 is 1.37 bits per heavy atom. The highest BCUT2D eigenvalue weighted by Gasteiger charge is 2.12. The van der Waals surface area contributed by atoms with Gasteiger partial charge in [0.05, 0.1) is 12.8 Å². The Balaban J connectivity index is 2.10. The summed E-state index contributed by atoms with van der Waals surface area (Å²) < 4.78 is 10.7. The van der Waals surface area contributed by atoms with Crippen molar-refractivity contribution in [2.24, 2.45) is 5.92 Å². The second-order valence-electron chi connectivity index (χ2n) is 4.56. The van der Waals surface area contributed by atoms with E-state index < -0.39 is 5.97 Å². The first kappa shape index (κ1) is 13.1. The maximum Gasteiger partial charge on any atom is 0.392 e. The Morgan fingerprint density at radius 3 is 2.58 bits per heavy atom. The van der Waals surface area contributed by atoms with E-state index in [9.17, 15) is 4.79 Å². The van der Waals surface area contributed by atoms with Crippen LogP contribution in [-0.2, 0) is 0 Å². The topological polar surface area (TPSA) is 72.6 Å². The molecule has 0 atom stereocenters. The molecule has 2 aromatic rings. The molecule has 0 saturated heterocycles. The van der Waals surface area contributed by atoms with E-state index in [0.717, 1.165) is 11.3 Å². The van der Waals surface area contributed by atoms with Crippen molar-refractivity contribution < 1.29 is 19.1 Å². The lowest BCUT2D eigenvalue weighted by atomic mass is 10.2. The number of rotatable bonds is 5. The zero-order chi connectivity index (χ0) is 13.8. The van der Waals surface area contributed by atoms with Crippen molar-refractivity contribution in [3.05, 3.63) is 36.4 Å². The van der Waals surface area contributed by atoms with Crippen LogP contribution in [0, 0.1) is 5.92 Å². The van der Waals surface area contributed by atoms with Crippen molar-refractivity contribution in [1.82, 2.24) is 4.98 Å². The average molecular weight is 261 g/mol. The number of hydrogen-bond donors (Lipinski definition) is 1. The Hall–Kier alpha value is -2.30. The summed E-state index contributed by atoms with van der Waals surface area (Å²) in [7, 11) is 0. The van der Waals surface area contributed by atoms with Gasteiger partial charge >= 0.3 is 11.9 Å². The minimum Gasteiger partial charge on any atom is -0.493 e. The number of oxazole rings is 1. The molecule has 0 saturated carbocycles. The number of hydrogen-bond acceptors (Lipinski definition) is 4. The van der Waals surface area contributed by atoms with Crippen LogP contribution < -0.4 is 4.74 Å². The van der Waals surface area contributed by atoms with Gasteiger partial charge < -0.3 is 14.3 Å². The predicted molar refractivity (Wildman–Crippen MR) is 69.2 cm³/mol. The van der Waals surface area contributed by atoms with Crippen LogP contribution in [-0.4, -0.2) is 22.7 Å². The molecule has 0 radical (unpaired) electrons. The molecule has 1 N–H and O–H groups in total. The zero-order valence-corrected chi connectivity index (χ0v) is 10.8. The molecule has 5 nitrogen and oxygen atoms in total. The fourth-order valence-corrected chi connectivity index (χ4v) is 1.48. The monoisotopic (exact) mass is 261 g/mol. The van der Waals surface area contributed by atoms with Gasteiger partial charge in [0.15, 0.2) is 5.76 Å². The van der Waals surface area contributed by atoms with Gasteiger partial charge in [-0.1, -0.05) is 13.8 Å². The third kappa shape index (κ3) is 3.34. The molecule has 0 spiro atoms. The summed E-state index contributed by atoms with van der Waals surface area (Å²) in [4.78, 5) is 14.3. The second kappa shape index (κ2) is 5.56. The minimum atomic E-state index is -1.18. The number of carboxylic acids is 1. The van der Waals surface area contributed by atoms with Gasteiger partial charge in [0.1, 0.15) is 5.75 Å². The minimum absolute atomic E-state index is 0.310. The fraction of sp³-hybridized carbons (Fsp3) is 0.286. The molecule has 0 bridgehead atoms. The maximum absolute atomic E-state index is 10.7. The first-order valence-corrected chi connectivity index (χ1v) is 5.98. The Labute approximate surface area is 110 Å². The predicted octanol–water partition coefficient (Wildman–Crippen LogP) is 3.07. The van der Waals surface area contributed by atoms with E-state index in [2.05, 4.69) is 18.8 Å². The number of nitrogens with zero attached hydrogens (tertiary/aromatic N) is 1. The molecule has 19 heavy (non-hydrogen) atoms. The lowest BCUT2D eigenvalue weighted by molar-refractivity contribution is 0.0654. The molecule has 2 rings (SSSR count). The van der Waals surface area contributed by atoms with Gasteiger partial charge in [0, 0.05) is 5.56 Å². The molecule has 5 heteroatoms. The molecular weight excluding hydrogens is 246 g/mol. The summed E-state index contributed by atoms with van der Waals surface area (Å²) in [6, 6.07) is 7.25. The van der Waals surface area contributed by atoms with E-state index in [1.165, 1.54) is 6.20 Å². The molecule has 0 unspecified atom stereocenters. The largest absolute Gasteiger partial charge is 0.493 e. The van der Waals surface area contributed by atoms with E-state index in [1.807, 2.05) is 24.3 Å². The summed E-state index contributed by atoms with van der Waals surface area (Å²) in [5, 5.41) is 8.73. The van der Waals surface area contributed by atoms with Crippen LogP contribution in [0.1, 0.15) is 24.5 Å². The number of carbonyl (C=O) groups is 1. The number of benzene rings is 1. The van der Waals surface area contributed by atoms with Crippen LogP contribution in [0.25, 0.3) is 11.3 Å². The lowest BCUT2D eigenvalue weighted by Gasteiger charge is -2.08. The molecule has 100 valence electrons. The van der Waals surface area contributed by atoms with Gasteiger partial charge in [0.25, 0.3) is 0 Å². The second-order valence-corrected chi connectivity index (χ2v) is 4.56. The van der Waals surface area contributed by atoms with Crippen molar-refractivity contribution in [1.29, 1.82) is 0 Å². The molecule has 0 aliphatic rings. The van der Waals surface area contributed by atoms with Crippen LogP contribution >= 0.6 is 0 Å². The molecule has 0 aliphatic heterocycles. The highest BCUT2D eigenvalue weighted by atomic mass is 16.5. The number of carboxylic acid groups (broad SMARTS) is 1. The summed E-state index contributed by atoms with van der Waals surface area (Å²) in [5.74, 6) is 0.175. The SMILES string of the molecule is CC(C)COc1ccc(-c2cnc(C(=O)O)o2)cc1. The van der Waals surface area contributed by atoms with Crippen LogP contribution in [0.4, 0.5) is 0 Å². The van der Waals surface area contributed by atoms with Gasteiger partial charge in [-0.25, -0.2) is 9.78 Å². The van der Waals surface area contributed by atoms with Crippen LogP contribution in [0.3, 0.4) is 0 Å². The summed E-state index contributed by atoms with van der Waals surface area (Å²) >= 11 is 0. The van der Waals surface area contributed by atoms with E-state index >= 15 is 0 Å². The third-order valence-corrected chi connectivity index (χ3v) is 2.41. The van der Waals surface area contributed by atoms with Gasteiger partial charge in [0.2, 0.25) is 0 Å². The van der Waals surface area contributed by atoms with Crippen LogP contribution in [0.5, 0.6) is 5.75 Å². The molecular formula is C14H15NO4. The van der Waals surface area contributed by atoms with Gasteiger partial charge in [-0.3, -0.25) is 0 Å². The van der Waals surface area contributed by atoms with Crippen molar-refractivity contribution >= 4 is 5.97 Å². The van der Waals surface area contributed by atoms with Crippen LogP contribution in [0.2, 0.25) is 0 Å². The van der Waals surface area contributed by atoms with E-state index in [1.54, 1.807) is 0 Å². The Kier molecular flexibility index (Phi) is 3.85. The normalized spacial score (nSPS) is 10.7. The van der Waals surface area contributed by atoms with Crippen molar-refractivity contribution in [3.8, 4) is 17.1 Å². The Bertz CT molecular complexity index is 557. The summed E-state index contributed by atoms with van der Waals surface area (Å²) in [6.07, 6.45) is 1.40. The number of aromatic nitrogens is 1. The van der Waals surface area contributed by atoms with Crippen molar-refractivity contribution in [3.63, 3.8) is 0 Å². The molecule has 1 heterocycles. The van der Waals surface area contributed by atoms with Crippen molar-refractivity contribution in [2.75, 3.05) is 6.61 Å². The van der Waals surface area contributed by atoms with Crippen molar-refractivity contribution in [2.45, 2.75) is 13.8 Å². The molecule has 0 amide bonds. The zero-order valence-electron chi connectivity index (χ0n) is 10.8. The summed E-state index contributed by atoms with van der Waals surface area (Å²) in [5.41, 5.74) is 0.761. The van der Waals surface area contributed by atoms with E-state index in [4.69, 9.17) is 14.3 Å². The molecule has 1 aromatic heterocycles. The molecule has 0 fully saturated rings. The number of aromatic carboxylic acids is 1. The van der Waals surface area contributed by atoms with E-state index in [-0.39, 0.29) is 5.89 Å². The van der Waals surface area contributed by atoms with E-state index in [0.29, 0.717) is 18.3 Å². The first-order valence-electron chi connectivity index (χ1n) is 5.98. The standard InChI is InChI=1S/C14H15NO4/c1-9(2)8-18-11-5-3-10(4-6-11)12-7-15-13(19-12)14(16)17/h3-7,9H,8H2,1-2H3,(H,16,17). The van der Waals surface area contributed by atoms with Gasteiger partial charge in [-0.15, -0.1) is 0 Å². The first-order chi connectivity index (χ1) is 9.06.